The molecule has 0 bridgehead atoms. The number of imidazole rings is 2. The van der Waals surface area contributed by atoms with Gasteiger partial charge in [-0.1, -0.05) is 24.3 Å². The Kier molecular flexibility index (Phi) is 4.62. The zero-order valence-corrected chi connectivity index (χ0v) is 14.7. The maximum absolute atomic E-state index is 4.09. The minimum atomic E-state index is 0.278. The van der Waals surface area contributed by atoms with E-state index in [1.807, 2.05) is 34.2 Å². The first-order valence-corrected chi connectivity index (χ1v) is 8.68. The first-order chi connectivity index (χ1) is 12.8. The second-order valence-corrected chi connectivity index (χ2v) is 6.30. The molecule has 0 saturated carbocycles. The van der Waals surface area contributed by atoms with E-state index in [0.29, 0.717) is 0 Å². The number of nitrogens with zero attached hydrogens (tertiary/aromatic N) is 4. The third-order valence-electron chi connectivity index (χ3n) is 4.55. The Bertz CT molecular complexity index is 923. The molecule has 0 saturated heterocycles. The summed E-state index contributed by atoms with van der Waals surface area (Å²) in [6.07, 6.45) is 11.1. The molecule has 0 spiro atoms. The molecule has 0 aliphatic rings. The highest BCUT2D eigenvalue weighted by Crippen LogP contribution is 2.17. The van der Waals surface area contributed by atoms with Crippen molar-refractivity contribution in [3.63, 3.8) is 0 Å². The van der Waals surface area contributed by atoms with Gasteiger partial charge in [-0.05, 0) is 42.3 Å². The Hall–Kier alpha value is -3.18. The fourth-order valence-electron chi connectivity index (χ4n) is 2.93. The average Bonchev–Trinajstić information content (AvgIpc) is 3.40. The van der Waals surface area contributed by atoms with E-state index in [-0.39, 0.29) is 6.04 Å². The molecule has 1 N–H and O–H groups in total. The van der Waals surface area contributed by atoms with E-state index < -0.39 is 0 Å². The van der Waals surface area contributed by atoms with Gasteiger partial charge in [-0.2, -0.15) is 0 Å². The van der Waals surface area contributed by atoms with Gasteiger partial charge in [-0.15, -0.1) is 0 Å². The molecule has 1 atom stereocenters. The normalized spacial score (nSPS) is 12.2. The van der Waals surface area contributed by atoms with Gasteiger partial charge >= 0.3 is 0 Å². The van der Waals surface area contributed by atoms with E-state index in [0.717, 1.165) is 17.9 Å². The van der Waals surface area contributed by atoms with Crippen LogP contribution < -0.4 is 5.32 Å². The topological polar surface area (TPSA) is 47.7 Å². The Morgan fingerprint density at radius 3 is 1.85 bits per heavy atom. The molecule has 0 aliphatic heterocycles. The minimum Gasteiger partial charge on any atom is -0.306 e. The molecule has 2 aromatic heterocycles. The minimum absolute atomic E-state index is 0.278. The van der Waals surface area contributed by atoms with Gasteiger partial charge in [0.15, 0.2) is 0 Å². The maximum atomic E-state index is 4.09. The smallest absolute Gasteiger partial charge is 0.0991 e. The molecule has 0 amide bonds. The van der Waals surface area contributed by atoms with Crippen molar-refractivity contribution in [2.24, 2.45) is 0 Å². The van der Waals surface area contributed by atoms with E-state index in [1.54, 1.807) is 12.4 Å². The summed E-state index contributed by atoms with van der Waals surface area (Å²) in [4.78, 5) is 8.17. The van der Waals surface area contributed by atoms with Gasteiger partial charge in [-0.25, -0.2) is 9.97 Å². The molecule has 5 heteroatoms. The predicted molar refractivity (Wildman–Crippen MR) is 102 cm³/mol. The molecule has 4 aromatic rings. The van der Waals surface area contributed by atoms with E-state index >= 15 is 0 Å². The second kappa shape index (κ2) is 7.37. The van der Waals surface area contributed by atoms with E-state index in [2.05, 4.69) is 70.7 Å². The molecule has 0 aliphatic carbocycles. The molecule has 130 valence electrons. The summed E-state index contributed by atoms with van der Waals surface area (Å²) in [5.74, 6) is 0. The fourth-order valence-corrected chi connectivity index (χ4v) is 2.93. The van der Waals surface area contributed by atoms with Crippen molar-refractivity contribution in [2.45, 2.75) is 19.5 Å². The summed E-state index contributed by atoms with van der Waals surface area (Å²) < 4.78 is 4.01. The van der Waals surface area contributed by atoms with Crippen molar-refractivity contribution in [3.8, 4) is 11.4 Å². The van der Waals surface area contributed by atoms with Gasteiger partial charge in [0, 0.05) is 48.7 Å². The number of rotatable bonds is 6. The number of nitrogens with one attached hydrogen (secondary N) is 1. The van der Waals surface area contributed by atoms with Crippen LogP contribution >= 0.6 is 0 Å². The molecule has 5 nitrogen and oxygen atoms in total. The maximum Gasteiger partial charge on any atom is 0.0991 e. The predicted octanol–water partition coefficient (Wildman–Crippen LogP) is 3.91. The van der Waals surface area contributed by atoms with Gasteiger partial charge in [0.05, 0.1) is 12.7 Å². The molecule has 2 heterocycles. The van der Waals surface area contributed by atoms with Crippen LogP contribution in [-0.4, -0.2) is 19.1 Å². The summed E-state index contributed by atoms with van der Waals surface area (Å²) in [7, 11) is 0. The highest BCUT2D eigenvalue weighted by Gasteiger charge is 2.06. The quantitative estimate of drug-likeness (QED) is 0.577. The van der Waals surface area contributed by atoms with Crippen LogP contribution in [0.3, 0.4) is 0 Å². The van der Waals surface area contributed by atoms with Gasteiger partial charge in [0.25, 0.3) is 0 Å². The monoisotopic (exact) mass is 343 g/mol. The number of hydrogen-bond acceptors (Lipinski definition) is 3. The zero-order chi connectivity index (χ0) is 17.8. The lowest BCUT2D eigenvalue weighted by Crippen LogP contribution is -2.18. The Morgan fingerprint density at radius 2 is 1.35 bits per heavy atom. The molecule has 2 aromatic carbocycles. The van der Waals surface area contributed by atoms with Crippen molar-refractivity contribution in [1.82, 2.24) is 24.4 Å². The van der Waals surface area contributed by atoms with Crippen LogP contribution in [0.5, 0.6) is 0 Å². The molecule has 26 heavy (non-hydrogen) atoms. The lowest BCUT2D eigenvalue weighted by atomic mass is 10.1. The lowest BCUT2D eigenvalue weighted by Gasteiger charge is -2.15. The third kappa shape index (κ3) is 3.58. The highest BCUT2D eigenvalue weighted by molar-refractivity contribution is 5.36. The van der Waals surface area contributed by atoms with Gasteiger partial charge in [0.2, 0.25) is 0 Å². The van der Waals surface area contributed by atoms with Crippen LogP contribution in [-0.2, 0) is 6.54 Å². The van der Waals surface area contributed by atoms with Crippen molar-refractivity contribution in [2.75, 3.05) is 0 Å². The SMILES string of the molecule is CC(NCc1ccc(-n2ccnc2)cc1)c1ccc(-n2ccnc2)cc1. The van der Waals surface area contributed by atoms with E-state index in [4.69, 9.17) is 0 Å². The fraction of sp³-hybridized carbons (Fsp3) is 0.143. The summed E-state index contributed by atoms with van der Waals surface area (Å²) in [6.45, 7) is 3.01. The molecule has 0 radical (unpaired) electrons. The third-order valence-corrected chi connectivity index (χ3v) is 4.55. The summed E-state index contributed by atoms with van der Waals surface area (Å²) >= 11 is 0. The van der Waals surface area contributed by atoms with Crippen molar-refractivity contribution >= 4 is 0 Å². The number of benzene rings is 2. The van der Waals surface area contributed by atoms with Crippen LogP contribution in [0.25, 0.3) is 11.4 Å². The van der Waals surface area contributed by atoms with Crippen LogP contribution in [0.15, 0.2) is 86.0 Å². The molecule has 1 unspecified atom stereocenters. The number of hydrogen-bond donors (Lipinski definition) is 1. The molecular weight excluding hydrogens is 322 g/mol. The molecular formula is C21H21N5. The van der Waals surface area contributed by atoms with Gasteiger partial charge in [-0.3, -0.25) is 0 Å². The molecule has 4 rings (SSSR count). The summed E-state index contributed by atoms with van der Waals surface area (Å²) in [6, 6.07) is 17.4. The average molecular weight is 343 g/mol. The Balaban J connectivity index is 1.37. The summed E-state index contributed by atoms with van der Waals surface area (Å²) in [5.41, 5.74) is 4.77. The van der Waals surface area contributed by atoms with Crippen molar-refractivity contribution in [1.29, 1.82) is 0 Å². The Morgan fingerprint density at radius 1 is 0.808 bits per heavy atom. The van der Waals surface area contributed by atoms with Gasteiger partial charge in [0.1, 0.15) is 0 Å². The Labute approximate surface area is 153 Å². The zero-order valence-electron chi connectivity index (χ0n) is 14.7. The van der Waals surface area contributed by atoms with Crippen LogP contribution in [0.2, 0.25) is 0 Å². The first kappa shape index (κ1) is 16.3. The first-order valence-electron chi connectivity index (χ1n) is 8.68. The number of aromatic nitrogens is 4. The summed E-state index contributed by atoms with van der Waals surface area (Å²) in [5, 5.41) is 3.59. The van der Waals surface area contributed by atoms with Crippen LogP contribution in [0, 0.1) is 0 Å². The molecule has 0 fully saturated rings. The second-order valence-electron chi connectivity index (χ2n) is 6.30. The van der Waals surface area contributed by atoms with E-state index in [1.165, 1.54) is 11.1 Å². The van der Waals surface area contributed by atoms with Gasteiger partial charge < -0.3 is 14.5 Å². The largest absolute Gasteiger partial charge is 0.306 e. The van der Waals surface area contributed by atoms with Crippen molar-refractivity contribution in [3.05, 3.63) is 97.1 Å². The van der Waals surface area contributed by atoms with Crippen molar-refractivity contribution < 1.29 is 0 Å². The standard InChI is InChI=1S/C21H21N5/c1-17(19-4-8-21(9-5-19)26-13-11-23-16-26)24-14-18-2-6-20(7-3-18)25-12-10-22-15-25/h2-13,15-17,24H,14H2,1H3. The van der Waals surface area contributed by atoms with E-state index in [9.17, 15) is 0 Å². The van der Waals surface area contributed by atoms with Crippen LogP contribution in [0.1, 0.15) is 24.1 Å². The lowest BCUT2D eigenvalue weighted by molar-refractivity contribution is 0.574. The highest BCUT2D eigenvalue weighted by atomic mass is 15.0. The van der Waals surface area contributed by atoms with Crippen LogP contribution in [0.4, 0.5) is 0 Å².